The van der Waals surface area contributed by atoms with Crippen LogP contribution in [0.15, 0.2) is 30.3 Å². The predicted octanol–water partition coefficient (Wildman–Crippen LogP) is 3.90. The molecule has 2 aromatic carbocycles. The Labute approximate surface area is 124 Å². The molecule has 0 radical (unpaired) electrons. The number of aromatic nitrogens is 2. The van der Waals surface area contributed by atoms with E-state index in [9.17, 15) is 4.39 Å². The van der Waals surface area contributed by atoms with E-state index in [0.717, 1.165) is 0 Å². The van der Waals surface area contributed by atoms with Crippen molar-refractivity contribution >= 4 is 22.6 Å². The highest BCUT2D eigenvalue weighted by Crippen LogP contribution is 2.31. The number of hydrogen-bond donors (Lipinski definition) is 1. The van der Waals surface area contributed by atoms with Gasteiger partial charge in [-0.05, 0) is 18.2 Å². The second-order valence-electron chi connectivity index (χ2n) is 4.36. The van der Waals surface area contributed by atoms with Crippen LogP contribution in [0.25, 0.3) is 22.4 Å². The van der Waals surface area contributed by atoms with Gasteiger partial charge in [0.05, 0.1) is 34.3 Å². The number of nitrogens with one attached hydrogen (secondary N) is 1. The van der Waals surface area contributed by atoms with Gasteiger partial charge in [-0.15, -0.1) is 0 Å². The van der Waals surface area contributed by atoms with Crippen molar-refractivity contribution in [3.8, 4) is 23.2 Å². The number of ether oxygens (including phenoxy) is 1. The standard InChI is InChI=1S/C15H9ClFN3O/c1-21-13-6-12-11(5-8(13)7-18)19-15(20-12)14-9(16)3-2-4-10(14)17/h2-6H,1H3,(H,19,20). The van der Waals surface area contributed by atoms with E-state index in [1.165, 1.54) is 19.2 Å². The summed E-state index contributed by atoms with van der Waals surface area (Å²) in [6, 6.07) is 9.71. The van der Waals surface area contributed by atoms with E-state index < -0.39 is 5.82 Å². The summed E-state index contributed by atoms with van der Waals surface area (Å²) >= 11 is 6.03. The first kappa shape index (κ1) is 13.4. The molecule has 0 spiro atoms. The number of imidazole rings is 1. The van der Waals surface area contributed by atoms with Crippen molar-refractivity contribution in [2.75, 3.05) is 7.11 Å². The Kier molecular flexibility index (Phi) is 3.24. The van der Waals surface area contributed by atoms with Crippen molar-refractivity contribution in [2.45, 2.75) is 0 Å². The number of methoxy groups -OCH3 is 1. The first-order valence-electron chi connectivity index (χ1n) is 6.06. The maximum Gasteiger partial charge on any atom is 0.142 e. The van der Waals surface area contributed by atoms with Gasteiger partial charge in [-0.2, -0.15) is 5.26 Å². The number of H-pyrrole nitrogens is 1. The summed E-state index contributed by atoms with van der Waals surface area (Å²) < 4.78 is 19.1. The number of hydrogen-bond acceptors (Lipinski definition) is 3. The number of rotatable bonds is 2. The molecule has 0 amide bonds. The van der Waals surface area contributed by atoms with E-state index in [1.54, 1.807) is 18.2 Å². The molecule has 21 heavy (non-hydrogen) atoms. The zero-order chi connectivity index (χ0) is 15.0. The van der Waals surface area contributed by atoms with Crippen molar-refractivity contribution in [2.24, 2.45) is 0 Å². The lowest BCUT2D eigenvalue weighted by molar-refractivity contribution is 0.414. The third-order valence-corrected chi connectivity index (χ3v) is 3.44. The topological polar surface area (TPSA) is 61.7 Å². The fourth-order valence-corrected chi connectivity index (χ4v) is 2.39. The average Bonchev–Trinajstić information content (AvgIpc) is 2.87. The minimum absolute atomic E-state index is 0.202. The van der Waals surface area contributed by atoms with E-state index in [1.807, 2.05) is 6.07 Å². The van der Waals surface area contributed by atoms with E-state index in [0.29, 0.717) is 28.2 Å². The Morgan fingerprint density at radius 3 is 2.86 bits per heavy atom. The smallest absolute Gasteiger partial charge is 0.142 e. The van der Waals surface area contributed by atoms with E-state index in [-0.39, 0.29) is 10.6 Å². The van der Waals surface area contributed by atoms with E-state index in [4.69, 9.17) is 21.6 Å². The zero-order valence-corrected chi connectivity index (χ0v) is 11.7. The van der Waals surface area contributed by atoms with Crippen LogP contribution in [-0.4, -0.2) is 17.1 Å². The largest absolute Gasteiger partial charge is 0.495 e. The lowest BCUT2D eigenvalue weighted by Gasteiger charge is -2.01. The third-order valence-electron chi connectivity index (χ3n) is 3.12. The maximum absolute atomic E-state index is 13.9. The fourth-order valence-electron chi connectivity index (χ4n) is 2.14. The predicted molar refractivity (Wildman–Crippen MR) is 77.8 cm³/mol. The molecule has 1 heterocycles. The first-order valence-corrected chi connectivity index (χ1v) is 6.44. The summed E-state index contributed by atoms with van der Waals surface area (Å²) in [5, 5.41) is 9.34. The van der Waals surface area contributed by atoms with Crippen LogP contribution in [-0.2, 0) is 0 Å². The van der Waals surface area contributed by atoms with Crippen molar-refractivity contribution < 1.29 is 9.13 Å². The molecule has 0 atom stereocenters. The van der Waals surface area contributed by atoms with Gasteiger partial charge in [-0.25, -0.2) is 9.37 Å². The molecule has 0 bridgehead atoms. The molecule has 0 fully saturated rings. The summed E-state index contributed by atoms with van der Waals surface area (Å²) in [7, 11) is 1.48. The van der Waals surface area contributed by atoms with Crippen molar-refractivity contribution in [1.82, 2.24) is 9.97 Å². The van der Waals surface area contributed by atoms with Gasteiger partial charge in [-0.1, -0.05) is 17.7 Å². The molecule has 3 aromatic rings. The summed E-state index contributed by atoms with van der Waals surface area (Å²) in [5.74, 6) is 0.266. The summed E-state index contributed by atoms with van der Waals surface area (Å²) in [4.78, 5) is 7.30. The van der Waals surface area contributed by atoms with Crippen LogP contribution in [0, 0.1) is 17.1 Å². The normalized spacial score (nSPS) is 10.6. The van der Waals surface area contributed by atoms with E-state index in [2.05, 4.69) is 9.97 Å². The molecule has 4 nitrogen and oxygen atoms in total. The zero-order valence-electron chi connectivity index (χ0n) is 10.9. The van der Waals surface area contributed by atoms with Gasteiger partial charge in [0.25, 0.3) is 0 Å². The molecule has 6 heteroatoms. The molecular weight excluding hydrogens is 293 g/mol. The summed E-state index contributed by atoms with van der Waals surface area (Å²) in [6.07, 6.45) is 0. The van der Waals surface area contributed by atoms with Crippen molar-refractivity contribution in [3.05, 3.63) is 46.7 Å². The van der Waals surface area contributed by atoms with Crippen LogP contribution in [0.5, 0.6) is 5.75 Å². The Bertz CT molecular complexity index is 862. The lowest BCUT2D eigenvalue weighted by Crippen LogP contribution is -1.87. The number of nitrogens with zero attached hydrogens (tertiary/aromatic N) is 2. The van der Waals surface area contributed by atoms with Gasteiger partial charge in [0.15, 0.2) is 0 Å². The van der Waals surface area contributed by atoms with Crippen LogP contribution < -0.4 is 4.74 Å². The Morgan fingerprint density at radius 1 is 1.38 bits per heavy atom. The molecule has 0 saturated carbocycles. The molecule has 0 aliphatic rings. The molecule has 3 rings (SSSR count). The van der Waals surface area contributed by atoms with Gasteiger partial charge in [0.1, 0.15) is 23.5 Å². The van der Waals surface area contributed by atoms with Crippen molar-refractivity contribution in [1.29, 1.82) is 5.26 Å². The first-order chi connectivity index (χ1) is 10.1. The van der Waals surface area contributed by atoms with Crippen LogP contribution in [0.1, 0.15) is 5.56 Å². The molecule has 0 aliphatic heterocycles. The van der Waals surface area contributed by atoms with Gasteiger partial charge in [-0.3, -0.25) is 0 Å². The van der Waals surface area contributed by atoms with Gasteiger partial charge < -0.3 is 9.72 Å². The molecular formula is C15H9ClFN3O. The molecule has 1 aromatic heterocycles. The molecule has 1 N–H and O–H groups in total. The highest BCUT2D eigenvalue weighted by atomic mass is 35.5. The highest BCUT2D eigenvalue weighted by Gasteiger charge is 2.15. The van der Waals surface area contributed by atoms with Gasteiger partial charge in [0.2, 0.25) is 0 Å². The number of aromatic amines is 1. The average molecular weight is 302 g/mol. The van der Waals surface area contributed by atoms with Gasteiger partial charge in [0, 0.05) is 6.07 Å². The fraction of sp³-hybridized carbons (Fsp3) is 0.0667. The summed E-state index contributed by atoms with van der Waals surface area (Å²) in [6.45, 7) is 0. The molecule has 0 aliphatic carbocycles. The molecule has 104 valence electrons. The Balaban J connectivity index is 2.25. The monoisotopic (exact) mass is 301 g/mol. The second kappa shape index (κ2) is 5.08. The minimum Gasteiger partial charge on any atom is -0.495 e. The van der Waals surface area contributed by atoms with E-state index >= 15 is 0 Å². The number of fused-ring (bicyclic) bond motifs is 1. The third kappa shape index (κ3) is 2.20. The highest BCUT2D eigenvalue weighted by molar-refractivity contribution is 6.33. The Morgan fingerprint density at radius 2 is 2.19 bits per heavy atom. The maximum atomic E-state index is 13.9. The minimum atomic E-state index is -0.464. The van der Waals surface area contributed by atoms with Crippen molar-refractivity contribution in [3.63, 3.8) is 0 Å². The number of halogens is 2. The number of nitriles is 1. The van der Waals surface area contributed by atoms with Crippen LogP contribution in [0.3, 0.4) is 0 Å². The van der Waals surface area contributed by atoms with Gasteiger partial charge >= 0.3 is 0 Å². The van der Waals surface area contributed by atoms with Crippen LogP contribution in [0.4, 0.5) is 4.39 Å². The lowest BCUT2D eigenvalue weighted by atomic mass is 10.2. The Hall–Kier alpha value is -2.58. The quantitative estimate of drug-likeness (QED) is 0.780. The second-order valence-corrected chi connectivity index (χ2v) is 4.77. The van der Waals surface area contributed by atoms with Crippen LogP contribution >= 0.6 is 11.6 Å². The SMILES string of the molecule is COc1cc2nc(-c3c(F)cccc3Cl)[nH]c2cc1C#N. The molecule has 0 unspecified atom stereocenters. The number of benzene rings is 2. The van der Waals surface area contributed by atoms with Crippen LogP contribution in [0.2, 0.25) is 5.02 Å². The summed E-state index contributed by atoms with van der Waals surface area (Å²) in [5.41, 5.74) is 1.76. The molecule has 0 saturated heterocycles.